The van der Waals surface area contributed by atoms with Gasteiger partial charge in [0.25, 0.3) is 5.91 Å². The van der Waals surface area contributed by atoms with E-state index in [0.29, 0.717) is 12.1 Å². The number of benzene rings is 1. The van der Waals surface area contributed by atoms with Crippen molar-refractivity contribution in [1.82, 2.24) is 4.90 Å². The van der Waals surface area contributed by atoms with E-state index in [0.717, 1.165) is 11.3 Å². The first-order chi connectivity index (χ1) is 12.4. The van der Waals surface area contributed by atoms with Crippen LogP contribution in [0.15, 0.2) is 58.1 Å². The summed E-state index contributed by atoms with van der Waals surface area (Å²) in [4.78, 5) is 17.8. The summed E-state index contributed by atoms with van der Waals surface area (Å²) in [5.41, 5.74) is 1.71. The van der Waals surface area contributed by atoms with E-state index in [9.17, 15) is 13.2 Å². The highest BCUT2D eigenvalue weighted by Crippen LogP contribution is 2.40. The molecule has 1 unspecified atom stereocenters. The molecule has 1 atom stereocenters. The van der Waals surface area contributed by atoms with Gasteiger partial charge in [-0.15, -0.1) is 22.7 Å². The predicted octanol–water partition coefficient (Wildman–Crippen LogP) is 4.00. The summed E-state index contributed by atoms with van der Waals surface area (Å²) >= 11 is 3.39. The van der Waals surface area contributed by atoms with Crippen molar-refractivity contribution in [3.8, 4) is 0 Å². The summed E-state index contributed by atoms with van der Waals surface area (Å²) in [5.74, 6) is -0.0692. The van der Waals surface area contributed by atoms with Crippen LogP contribution in [0.25, 0.3) is 0 Å². The van der Waals surface area contributed by atoms with Crippen molar-refractivity contribution in [1.29, 1.82) is 0 Å². The fourth-order valence-corrected chi connectivity index (χ4v) is 5.69. The number of carbonyl (C=O) groups excluding carboxylic acids is 1. The third-order valence-electron chi connectivity index (χ3n) is 4.57. The van der Waals surface area contributed by atoms with Crippen LogP contribution in [0.5, 0.6) is 0 Å². The molecule has 4 rings (SSSR count). The molecule has 1 aliphatic heterocycles. The maximum Gasteiger partial charge on any atom is 0.254 e. The molecule has 3 heterocycles. The number of hydrogen-bond acceptors (Lipinski definition) is 5. The largest absolute Gasteiger partial charge is 0.326 e. The van der Waals surface area contributed by atoms with Gasteiger partial charge < -0.3 is 4.90 Å². The second-order valence-corrected chi connectivity index (χ2v) is 10.3. The van der Waals surface area contributed by atoms with E-state index in [4.69, 9.17) is 0 Å². The minimum absolute atomic E-state index is 0.0692. The van der Waals surface area contributed by atoms with Crippen LogP contribution in [0.3, 0.4) is 0 Å². The maximum atomic E-state index is 13.2. The van der Waals surface area contributed by atoms with Gasteiger partial charge in [-0.1, -0.05) is 6.07 Å². The molecule has 4 nitrogen and oxygen atoms in total. The van der Waals surface area contributed by atoms with E-state index in [1.165, 1.54) is 28.8 Å². The van der Waals surface area contributed by atoms with Gasteiger partial charge in [-0.25, -0.2) is 8.42 Å². The molecule has 134 valence electrons. The number of hydrogen-bond donors (Lipinski definition) is 0. The monoisotopic (exact) mass is 403 g/mol. The Kier molecular flexibility index (Phi) is 4.46. The number of sulfone groups is 1. The molecule has 0 N–H and O–H groups in total. The van der Waals surface area contributed by atoms with Crippen LogP contribution in [0.4, 0.5) is 0 Å². The second-order valence-electron chi connectivity index (χ2n) is 6.26. The lowest BCUT2D eigenvalue weighted by molar-refractivity contribution is 0.0698. The molecule has 0 saturated carbocycles. The molecule has 0 spiro atoms. The standard InChI is InChI=1S/C19H17NO3S3/c1-26(22,23)14-6-4-13(5-7-14)19(21)20-10-8-16-15(9-12-25-16)18(20)17-3-2-11-24-17/h2-7,9,11-12,18H,8,10H2,1H3. The van der Waals surface area contributed by atoms with E-state index in [1.807, 2.05) is 16.3 Å². The molecule has 0 aliphatic carbocycles. The van der Waals surface area contributed by atoms with Crippen LogP contribution in [0.2, 0.25) is 0 Å². The average Bonchev–Trinajstić information content (AvgIpc) is 3.31. The first kappa shape index (κ1) is 17.5. The van der Waals surface area contributed by atoms with Crippen molar-refractivity contribution in [3.63, 3.8) is 0 Å². The first-order valence-corrected chi connectivity index (χ1v) is 11.8. The third-order valence-corrected chi connectivity index (χ3v) is 7.62. The summed E-state index contributed by atoms with van der Waals surface area (Å²) in [7, 11) is -3.27. The number of nitrogens with zero attached hydrogens (tertiary/aromatic N) is 1. The van der Waals surface area contributed by atoms with Gasteiger partial charge in [-0.2, -0.15) is 0 Å². The molecule has 0 saturated heterocycles. The Morgan fingerprint density at radius 2 is 1.85 bits per heavy atom. The zero-order valence-corrected chi connectivity index (χ0v) is 16.5. The Hall–Kier alpha value is -1.96. The van der Waals surface area contributed by atoms with Gasteiger partial charge in [0.05, 0.1) is 10.9 Å². The summed E-state index contributed by atoms with van der Waals surface area (Å²) in [5, 5.41) is 4.11. The molecule has 1 aromatic carbocycles. The molecular formula is C19H17NO3S3. The molecule has 1 aliphatic rings. The number of amides is 1. The fourth-order valence-electron chi connectivity index (χ4n) is 3.30. The van der Waals surface area contributed by atoms with Crippen molar-refractivity contribution in [2.75, 3.05) is 12.8 Å². The maximum absolute atomic E-state index is 13.2. The van der Waals surface area contributed by atoms with E-state index >= 15 is 0 Å². The highest BCUT2D eigenvalue weighted by molar-refractivity contribution is 7.90. The molecule has 26 heavy (non-hydrogen) atoms. The molecule has 1 amide bonds. The molecule has 0 bridgehead atoms. The summed E-state index contributed by atoms with van der Waals surface area (Å²) in [6, 6.07) is 12.3. The van der Waals surface area contributed by atoms with Crippen LogP contribution < -0.4 is 0 Å². The van der Waals surface area contributed by atoms with Crippen molar-refractivity contribution < 1.29 is 13.2 Å². The number of carbonyl (C=O) groups is 1. The molecule has 2 aromatic heterocycles. The normalized spacial score (nSPS) is 17.1. The number of fused-ring (bicyclic) bond motifs is 1. The molecular weight excluding hydrogens is 386 g/mol. The first-order valence-electron chi connectivity index (χ1n) is 8.16. The van der Waals surface area contributed by atoms with Gasteiger partial charge in [0.1, 0.15) is 0 Å². The van der Waals surface area contributed by atoms with Crippen molar-refractivity contribution in [2.45, 2.75) is 17.4 Å². The third kappa shape index (κ3) is 3.11. The Morgan fingerprint density at radius 1 is 1.08 bits per heavy atom. The highest BCUT2D eigenvalue weighted by Gasteiger charge is 2.33. The van der Waals surface area contributed by atoms with Gasteiger partial charge in [0.2, 0.25) is 0 Å². The van der Waals surface area contributed by atoms with E-state index in [2.05, 4.69) is 17.5 Å². The summed E-state index contributed by atoms with van der Waals surface area (Å²) < 4.78 is 23.3. The molecule has 0 fully saturated rings. The second kappa shape index (κ2) is 6.64. The quantitative estimate of drug-likeness (QED) is 0.664. The van der Waals surface area contributed by atoms with Crippen LogP contribution >= 0.6 is 22.7 Å². The zero-order valence-electron chi connectivity index (χ0n) is 14.1. The minimum atomic E-state index is -3.27. The SMILES string of the molecule is CS(=O)(=O)c1ccc(C(=O)N2CCc3sccc3C2c2cccs2)cc1. The van der Waals surface area contributed by atoms with Crippen LogP contribution in [-0.2, 0) is 16.3 Å². The zero-order chi connectivity index (χ0) is 18.3. The minimum Gasteiger partial charge on any atom is -0.326 e. The lowest BCUT2D eigenvalue weighted by atomic mass is 9.97. The van der Waals surface area contributed by atoms with Gasteiger partial charge >= 0.3 is 0 Å². The van der Waals surface area contributed by atoms with Crippen molar-refractivity contribution >= 4 is 38.4 Å². The molecule has 3 aromatic rings. The lowest BCUT2D eigenvalue weighted by Crippen LogP contribution is -2.39. The fraction of sp³-hybridized carbons (Fsp3) is 0.211. The van der Waals surface area contributed by atoms with Gasteiger partial charge in [0.15, 0.2) is 9.84 Å². The van der Waals surface area contributed by atoms with E-state index < -0.39 is 9.84 Å². The van der Waals surface area contributed by atoms with Crippen LogP contribution in [-0.4, -0.2) is 32.0 Å². The van der Waals surface area contributed by atoms with Crippen LogP contribution in [0.1, 0.15) is 31.7 Å². The van der Waals surface area contributed by atoms with Gasteiger partial charge in [-0.3, -0.25) is 4.79 Å². The predicted molar refractivity (Wildman–Crippen MR) is 105 cm³/mol. The van der Waals surface area contributed by atoms with Gasteiger partial charge in [-0.05, 0) is 59.1 Å². The Labute approximate surface area is 160 Å². The average molecular weight is 404 g/mol. The van der Waals surface area contributed by atoms with Crippen LogP contribution in [0, 0.1) is 0 Å². The summed E-state index contributed by atoms with van der Waals surface area (Å²) in [6.07, 6.45) is 2.02. The van der Waals surface area contributed by atoms with Gasteiger partial charge in [0, 0.05) is 28.1 Å². The van der Waals surface area contributed by atoms with Crippen molar-refractivity contribution in [3.05, 3.63) is 74.1 Å². The Bertz CT molecular complexity index is 1030. The van der Waals surface area contributed by atoms with Crippen molar-refractivity contribution in [2.24, 2.45) is 0 Å². The highest BCUT2D eigenvalue weighted by atomic mass is 32.2. The lowest BCUT2D eigenvalue weighted by Gasteiger charge is -2.35. The summed E-state index contributed by atoms with van der Waals surface area (Å²) in [6.45, 7) is 0.655. The smallest absolute Gasteiger partial charge is 0.254 e. The molecule has 7 heteroatoms. The van der Waals surface area contributed by atoms with E-state index in [-0.39, 0.29) is 16.8 Å². The topological polar surface area (TPSA) is 54.5 Å². The molecule has 0 radical (unpaired) electrons. The number of rotatable bonds is 3. The van der Waals surface area contributed by atoms with E-state index in [1.54, 1.807) is 34.8 Å². The number of thiophene rings is 2. The Morgan fingerprint density at radius 3 is 2.50 bits per heavy atom. The Balaban J connectivity index is 1.71.